The van der Waals surface area contributed by atoms with Gasteiger partial charge in [-0.25, -0.2) is 0 Å². The van der Waals surface area contributed by atoms with Crippen LogP contribution in [0, 0.1) is 5.41 Å². The van der Waals surface area contributed by atoms with Gasteiger partial charge < -0.3 is 5.41 Å². The van der Waals surface area contributed by atoms with Gasteiger partial charge in [-0.1, -0.05) is 6.08 Å². The van der Waals surface area contributed by atoms with Crippen LogP contribution in [0.2, 0.25) is 0 Å². The molecular formula is C6H8N2. The van der Waals surface area contributed by atoms with Gasteiger partial charge in [-0.2, -0.15) is 0 Å². The Hall–Kier alpha value is -0.920. The zero-order valence-corrected chi connectivity index (χ0v) is 4.81. The van der Waals surface area contributed by atoms with Crippen molar-refractivity contribution in [2.45, 2.75) is 13.3 Å². The van der Waals surface area contributed by atoms with Crippen LogP contribution in [0.1, 0.15) is 13.3 Å². The molecule has 1 rings (SSSR count). The number of allylic oxidation sites excluding steroid dienone is 1. The average molecular weight is 108 g/mol. The van der Waals surface area contributed by atoms with Crippen molar-refractivity contribution >= 4 is 11.4 Å². The van der Waals surface area contributed by atoms with Gasteiger partial charge in [0.25, 0.3) is 0 Å². The Labute approximate surface area is 48.4 Å². The zero-order chi connectivity index (χ0) is 5.98. The van der Waals surface area contributed by atoms with Gasteiger partial charge in [0.15, 0.2) is 0 Å². The van der Waals surface area contributed by atoms with Crippen LogP contribution < -0.4 is 0 Å². The van der Waals surface area contributed by atoms with E-state index in [-0.39, 0.29) is 0 Å². The molecule has 1 aliphatic rings. The van der Waals surface area contributed by atoms with E-state index in [0.717, 1.165) is 12.1 Å². The van der Waals surface area contributed by atoms with Crippen LogP contribution in [0.25, 0.3) is 0 Å². The van der Waals surface area contributed by atoms with Gasteiger partial charge in [-0.3, -0.25) is 4.99 Å². The molecule has 0 bridgehead atoms. The lowest BCUT2D eigenvalue weighted by molar-refractivity contribution is 1.47. The first-order valence-corrected chi connectivity index (χ1v) is 2.58. The van der Waals surface area contributed by atoms with Crippen molar-refractivity contribution in [2.24, 2.45) is 4.99 Å². The average Bonchev–Trinajstić information content (AvgIpc) is 2.12. The van der Waals surface area contributed by atoms with Crippen LogP contribution >= 0.6 is 0 Å². The molecule has 0 aromatic heterocycles. The molecular weight excluding hydrogens is 100 g/mol. The second-order valence-corrected chi connectivity index (χ2v) is 1.79. The highest BCUT2D eigenvalue weighted by Crippen LogP contribution is 1.99. The van der Waals surface area contributed by atoms with E-state index in [1.807, 2.05) is 6.08 Å². The Bertz CT molecular complexity index is 165. The number of hydrogen-bond donors (Lipinski definition) is 1. The molecule has 2 heteroatoms. The van der Waals surface area contributed by atoms with Gasteiger partial charge in [0.05, 0.1) is 11.4 Å². The van der Waals surface area contributed by atoms with Gasteiger partial charge >= 0.3 is 0 Å². The summed E-state index contributed by atoms with van der Waals surface area (Å²) in [7, 11) is 0. The van der Waals surface area contributed by atoms with E-state index in [4.69, 9.17) is 5.41 Å². The molecule has 0 atom stereocenters. The van der Waals surface area contributed by atoms with Gasteiger partial charge in [-0.15, -0.1) is 0 Å². The number of aliphatic imine (C=N–C) groups is 1. The highest BCUT2D eigenvalue weighted by Gasteiger charge is 2.00. The van der Waals surface area contributed by atoms with E-state index in [2.05, 4.69) is 4.99 Å². The smallest absolute Gasteiger partial charge is 0.0646 e. The fourth-order valence-corrected chi connectivity index (χ4v) is 0.610. The fraction of sp³-hybridized carbons (Fsp3) is 0.333. The van der Waals surface area contributed by atoms with Crippen molar-refractivity contribution in [1.82, 2.24) is 0 Å². The summed E-state index contributed by atoms with van der Waals surface area (Å²) in [5, 5.41) is 7.12. The third kappa shape index (κ3) is 0.832. The molecule has 0 amide bonds. The second kappa shape index (κ2) is 1.90. The van der Waals surface area contributed by atoms with Crippen LogP contribution in [0.4, 0.5) is 0 Å². The summed E-state index contributed by atoms with van der Waals surface area (Å²) < 4.78 is 0. The van der Waals surface area contributed by atoms with Crippen molar-refractivity contribution in [2.75, 3.05) is 0 Å². The summed E-state index contributed by atoms with van der Waals surface area (Å²) in [6.07, 6.45) is 4.54. The van der Waals surface area contributed by atoms with E-state index in [1.165, 1.54) is 0 Å². The minimum Gasteiger partial charge on any atom is -0.304 e. The summed E-state index contributed by atoms with van der Waals surface area (Å²) in [5.74, 6) is 0. The van der Waals surface area contributed by atoms with Crippen molar-refractivity contribution in [3.63, 3.8) is 0 Å². The molecule has 1 aliphatic heterocycles. The van der Waals surface area contributed by atoms with Crippen LogP contribution in [0.5, 0.6) is 0 Å². The van der Waals surface area contributed by atoms with Gasteiger partial charge in [0.1, 0.15) is 0 Å². The largest absolute Gasteiger partial charge is 0.304 e. The lowest BCUT2D eigenvalue weighted by atomic mass is 10.2. The van der Waals surface area contributed by atoms with Crippen molar-refractivity contribution < 1.29 is 0 Å². The molecule has 42 valence electrons. The van der Waals surface area contributed by atoms with Crippen molar-refractivity contribution in [3.05, 3.63) is 12.3 Å². The van der Waals surface area contributed by atoms with Crippen LogP contribution in [0.15, 0.2) is 17.3 Å². The topological polar surface area (TPSA) is 36.2 Å². The summed E-state index contributed by atoms with van der Waals surface area (Å²) >= 11 is 0. The summed E-state index contributed by atoms with van der Waals surface area (Å²) in [6, 6.07) is 0. The molecule has 8 heavy (non-hydrogen) atoms. The maximum Gasteiger partial charge on any atom is 0.0646 e. The lowest BCUT2D eigenvalue weighted by Gasteiger charge is -1.90. The monoisotopic (exact) mass is 108 g/mol. The van der Waals surface area contributed by atoms with Crippen LogP contribution in [-0.2, 0) is 0 Å². The number of nitrogens with one attached hydrogen (secondary N) is 1. The van der Waals surface area contributed by atoms with Crippen molar-refractivity contribution in [3.8, 4) is 0 Å². The molecule has 0 aromatic rings. The number of rotatable bonds is 1. The molecule has 0 aromatic carbocycles. The van der Waals surface area contributed by atoms with Crippen LogP contribution in [-0.4, -0.2) is 11.4 Å². The molecule has 0 spiro atoms. The maximum atomic E-state index is 7.12. The third-order valence-corrected chi connectivity index (χ3v) is 1.08. The molecule has 2 nitrogen and oxygen atoms in total. The molecule has 0 fully saturated rings. The fourth-order valence-electron chi connectivity index (χ4n) is 0.610. The molecule has 1 N–H and O–H groups in total. The third-order valence-electron chi connectivity index (χ3n) is 1.08. The minimum atomic E-state index is 0.579. The predicted octanol–water partition coefficient (Wildman–Crippen LogP) is 1.38. The van der Waals surface area contributed by atoms with E-state index in [0.29, 0.717) is 5.71 Å². The normalized spacial score (nSPS) is 16.4. The molecule has 0 aliphatic carbocycles. The maximum absolute atomic E-state index is 7.12. The standard InChI is InChI=1S/C6H8N2/c1-5(7)6-3-2-4-8-6/h2,4,7H,3H2,1H3. The van der Waals surface area contributed by atoms with Gasteiger partial charge in [-0.05, 0) is 6.92 Å². The molecule has 0 unspecified atom stereocenters. The Morgan fingerprint density at radius 1 is 1.88 bits per heavy atom. The second-order valence-electron chi connectivity index (χ2n) is 1.79. The molecule has 0 saturated carbocycles. The Balaban J connectivity index is 2.64. The first kappa shape index (κ1) is 5.22. The van der Waals surface area contributed by atoms with Gasteiger partial charge in [0, 0.05) is 12.6 Å². The minimum absolute atomic E-state index is 0.579. The highest BCUT2D eigenvalue weighted by atomic mass is 14.7. The zero-order valence-electron chi connectivity index (χ0n) is 4.81. The van der Waals surface area contributed by atoms with Gasteiger partial charge in [0.2, 0.25) is 0 Å². The number of hydrogen-bond acceptors (Lipinski definition) is 2. The summed E-state index contributed by atoms with van der Waals surface area (Å²) in [4.78, 5) is 3.95. The Kier molecular flexibility index (Phi) is 1.24. The first-order valence-electron chi connectivity index (χ1n) is 2.58. The number of nitrogens with zero attached hydrogens (tertiary/aromatic N) is 1. The molecule has 1 heterocycles. The Morgan fingerprint density at radius 2 is 2.62 bits per heavy atom. The quantitative estimate of drug-likeness (QED) is 0.493. The SMILES string of the molecule is CC(=N)C1=NC=CC1. The van der Waals surface area contributed by atoms with E-state index in [1.54, 1.807) is 13.1 Å². The van der Waals surface area contributed by atoms with E-state index >= 15 is 0 Å². The highest BCUT2D eigenvalue weighted by molar-refractivity contribution is 6.41. The predicted molar refractivity (Wildman–Crippen MR) is 34.6 cm³/mol. The van der Waals surface area contributed by atoms with E-state index in [9.17, 15) is 0 Å². The Morgan fingerprint density at radius 3 is 2.88 bits per heavy atom. The summed E-state index contributed by atoms with van der Waals surface area (Å²) in [5.41, 5.74) is 1.47. The van der Waals surface area contributed by atoms with Crippen molar-refractivity contribution in [1.29, 1.82) is 5.41 Å². The lowest BCUT2D eigenvalue weighted by Crippen LogP contribution is -2.04. The molecule has 0 saturated heterocycles. The summed E-state index contributed by atoms with van der Waals surface area (Å²) in [6.45, 7) is 1.76. The van der Waals surface area contributed by atoms with E-state index < -0.39 is 0 Å². The van der Waals surface area contributed by atoms with Crippen LogP contribution in [0.3, 0.4) is 0 Å². The molecule has 0 radical (unpaired) electrons. The first-order chi connectivity index (χ1) is 3.80.